The van der Waals surface area contributed by atoms with Crippen LogP contribution in [0.5, 0.6) is 0 Å². The molecule has 0 N–H and O–H groups in total. The van der Waals surface area contributed by atoms with Gasteiger partial charge in [0.15, 0.2) is 11.0 Å². The normalized spacial score (nSPS) is 11.2. The fourth-order valence-electron chi connectivity index (χ4n) is 1.21. The van der Waals surface area contributed by atoms with Gasteiger partial charge in [-0.1, -0.05) is 16.9 Å². The van der Waals surface area contributed by atoms with Gasteiger partial charge in [-0.05, 0) is 20.8 Å². The fraction of sp³-hybridized carbons (Fsp3) is 0.556. The Morgan fingerprint density at radius 3 is 2.94 bits per heavy atom. The highest BCUT2D eigenvalue weighted by Gasteiger charge is 2.10. The second-order valence-corrected chi connectivity index (χ2v) is 4.58. The van der Waals surface area contributed by atoms with E-state index < -0.39 is 0 Å². The van der Waals surface area contributed by atoms with Crippen LogP contribution in [0.2, 0.25) is 0 Å². The van der Waals surface area contributed by atoms with Gasteiger partial charge >= 0.3 is 0 Å². The molecule has 0 atom stereocenters. The number of aryl methyl sites for hydroxylation is 1. The van der Waals surface area contributed by atoms with Crippen molar-refractivity contribution in [2.75, 3.05) is 0 Å². The summed E-state index contributed by atoms with van der Waals surface area (Å²) in [6, 6.07) is 0.349. The Balaban J connectivity index is 2.02. The molecular formula is C9H13N5OS. The Morgan fingerprint density at radius 2 is 2.31 bits per heavy atom. The molecule has 0 saturated heterocycles. The van der Waals surface area contributed by atoms with Crippen LogP contribution in [-0.4, -0.2) is 24.9 Å². The Labute approximate surface area is 97.4 Å². The van der Waals surface area contributed by atoms with Crippen molar-refractivity contribution in [3.8, 4) is 0 Å². The van der Waals surface area contributed by atoms with Crippen LogP contribution in [0.25, 0.3) is 0 Å². The predicted octanol–water partition coefficient (Wildman–Crippen LogP) is 1.84. The molecule has 0 unspecified atom stereocenters. The van der Waals surface area contributed by atoms with Crippen molar-refractivity contribution in [3.63, 3.8) is 0 Å². The lowest BCUT2D eigenvalue weighted by Gasteiger charge is -2.07. The summed E-state index contributed by atoms with van der Waals surface area (Å²) in [5.74, 6) is 1.88. The van der Waals surface area contributed by atoms with Crippen molar-refractivity contribution in [3.05, 3.63) is 18.0 Å². The Bertz CT molecular complexity index is 464. The molecule has 0 spiro atoms. The van der Waals surface area contributed by atoms with Gasteiger partial charge in [0, 0.05) is 6.04 Å². The highest BCUT2D eigenvalue weighted by atomic mass is 32.2. The zero-order valence-electron chi connectivity index (χ0n) is 9.41. The van der Waals surface area contributed by atoms with Crippen LogP contribution in [0.4, 0.5) is 0 Å². The summed E-state index contributed by atoms with van der Waals surface area (Å²) in [4.78, 5) is 4.13. The second-order valence-electron chi connectivity index (χ2n) is 3.64. The summed E-state index contributed by atoms with van der Waals surface area (Å²) in [7, 11) is 0. The molecule has 0 fully saturated rings. The first kappa shape index (κ1) is 11.1. The number of hydrogen-bond donors (Lipinski definition) is 0. The monoisotopic (exact) mass is 239 g/mol. The topological polar surface area (TPSA) is 69.6 Å². The third kappa shape index (κ3) is 2.41. The van der Waals surface area contributed by atoms with Crippen molar-refractivity contribution in [2.24, 2.45) is 0 Å². The highest BCUT2D eigenvalue weighted by molar-refractivity contribution is 7.98. The van der Waals surface area contributed by atoms with E-state index in [1.807, 2.05) is 4.57 Å². The molecule has 0 aliphatic rings. The molecule has 0 bridgehead atoms. The zero-order valence-corrected chi connectivity index (χ0v) is 10.2. The highest BCUT2D eigenvalue weighted by Crippen LogP contribution is 2.22. The molecule has 6 nitrogen and oxygen atoms in total. The SMILES string of the molecule is Cc1noc(CSc2nncn2C(C)C)n1. The van der Waals surface area contributed by atoms with E-state index in [4.69, 9.17) is 4.52 Å². The van der Waals surface area contributed by atoms with Gasteiger partial charge < -0.3 is 9.09 Å². The largest absolute Gasteiger partial charge is 0.338 e. The van der Waals surface area contributed by atoms with Gasteiger partial charge in [-0.3, -0.25) is 0 Å². The lowest BCUT2D eigenvalue weighted by molar-refractivity contribution is 0.387. The molecule has 2 aromatic rings. The summed E-state index contributed by atoms with van der Waals surface area (Å²) < 4.78 is 7.03. The molecule has 0 aromatic carbocycles. The lowest BCUT2D eigenvalue weighted by atomic mass is 10.4. The van der Waals surface area contributed by atoms with Gasteiger partial charge in [-0.2, -0.15) is 4.98 Å². The first-order valence-corrected chi connectivity index (χ1v) is 5.97. The van der Waals surface area contributed by atoms with E-state index in [1.54, 1.807) is 25.0 Å². The minimum atomic E-state index is 0.349. The second kappa shape index (κ2) is 4.65. The minimum Gasteiger partial charge on any atom is -0.338 e. The average molecular weight is 239 g/mol. The zero-order chi connectivity index (χ0) is 11.5. The van der Waals surface area contributed by atoms with E-state index >= 15 is 0 Å². The number of thioether (sulfide) groups is 1. The molecule has 16 heavy (non-hydrogen) atoms. The predicted molar refractivity (Wildman–Crippen MR) is 59.0 cm³/mol. The first-order chi connectivity index (χ1) is 7.66. The van der Waals surface area contributed by atoms with Crippen molar-refractivity contribution >= 4 is 11.8 Å². The van der Waals surface area contributed by atoms with Crippen LogP contribution < -0.4 is 0 Å². The van der Waals surface area contributed by atoms with Crippen LogP contribution in [0.3, 0.4) is 0 Å². The van der Waals surface area contributed by atoms with E-state index in [2.05, 4.69) is 34.2 Å². The van der Waals surface area contributed by atoms with Crippen molar-refractivity contribution in [1.29, 1.82) is 0 Å². The van der Waals surface area contributed by atoms with Crippen LogP contribution in [0.1, 0.15) is 31.6 Å². The minimum absolute atomic E-state index is 0.349. The molecule has 0 radical (unpaired) electrons. The molecule has 0 amide bonds. The number of aromatic nitrogens is 5. The van der Waals surface area contributed by atoms with Crippen molar-refractivity contribution in [2.45, 2.75) is 37.7 Å². The van der Waals surface area contributed by atoms with E-state index in [-0.39, 0.29) is 0 Å². The maximum atomic E-state index is 5.02. The summed E-state index contributed by atoms with van der Waals surface area (Å²) in [6.07, 6.45) is 1.73. The lowest BCUT2D eigenvalue weighted by Crippen LogP contribution is -2.00. The van der Waals surface area contributed by atoms with E-state index in [0.29, 0.717) is 23.5 Å². The molecule has 7 heteroatoms. The summed E-state index contributed by atoms with van der Waals surface area (Å²) in [5.41, 5.74) is 0. The van der Waals surface area contributed by atoms with Gasteiger partial charge in [0.2, 0.25) is 5.89 Å². The van der Waals surface area contributed by atoms with Crippen LogP contribution in [0.15, 0.2) is 16.0 Å². The van der Waals surface area contributed by atoms with E-state index in [1.165, 1.54) is 0 Å². The summed E-state index contributed by atoms with van der Waals surface area (Å²) in [5, 5.41) is 12.5. The average Bonchev–Trinajstić information content (AvgIpc) is 2.83. The Morgan fingerprint density at radius 1 is 1.50 bits per heavy atom. The van der Waals surface area contributed by atoms with Gasteiger partial charge in [0.25, 0.3) is 0 Å². The summed E-state index contributed by atoms with van der Waals surface area (Å²) in [6.45, 7) is 5.98. The molecule has 0 aliphatic heterocycles. The van der Waals surface area contributed by atoms with Crippen LogP contribution in [0, 0.1) is 6.92 Å². The maximum Gasteiger partial charge on any atom is 0.237 e. The standard InChI is InChI=1S/C9H13N5OS/c1-6(2)14-5-10-12-9(14)16-4-8-11-7(3)13-15-8/h5-6H,4H2,1-3H3. The third-order valence-corrected chi connectivity index (χ3v) is 2.93. The number of hydrogen-bond acceptors (Lipinski definition) is 6. The summed E-state index contributed by atoms with van der Waals surface area (Å²) >= 11 is 1.54. The maximum absolute atomic E-state index is 5.02. The molecule has 2 aromatic heterocycles. The quantitative estimate of drug-likeness (QED) is 0.758. The molecular weight excluding hydrogens is 226 g/mol. The van der Waals surface area contributed by atoms with E-state index in [0.717, 1.165) is 5.16 Å². The number of rotatable bonds is 4. The van der Waals surface area contributed by atoms with Crippen LogP contribution >= 0.6 is 11.8 Å². The van der Waals surface area contributed by atoms with Gasteiger partial charge in [0.1, 0.15) is 6.33 Å². The smallest absolute Gasteiger partial charge is 0.237 e. The Hall–Kier alpha value is -1.37. The van der Waals surface area contributed by atoms with Crippen molar-refractivity contribution < 1.29 is 4.52 Å². The number of nitrogens with zero attached hydrogens (tertiary/aromatic N) is 5. The molecule has 2 rings (SSSR count). The molecule has 0 saturated carbocycles. The molecule has 86 valence electrons. The van der Waals surface area contributed by atoms with E-state index in [9.17, 15) is 0 Å². The molecule has 2 heterocycles. The first-order valence-electron chi connectivity index (χ1n) is 4.98. The third-order valence-electron chi connectivity index (χ3n) is 1.99. The van der Waals surface area contributed by atoms with Gasteiger partial charge in [0.05, 0.1) is 5.75 Å². The van der Waals surface area contributed by atoms with Gasteiger partial charge in [-0.15, -0.1) is 10.2 Å². The van der Waals surface area contributed by atoms with Crippen LogP contribution in [-0.2, 0) is 5.75 Å². The van der Waals surface area contributed by atoms with Crippen molar-refractivity contribution in [1.82, 2.24) is 24.9 Å². The molecule has 0 aliphatic carbocycles. The fourth-order valence-corrected chi connectivity index (χ4v) is 2.10. The Kier molecular flexibility index (Phi) is 3.23. The van der Waals surface area contributed by atoms with Gasteiger partial charge in [-0.25, -0.2) is 0 Å².